The van der Waals surface area contributed by atoms with E-state index in [1.54, 1.807) is 0 Å². The minimum atomic E-state index is -0.538. The molecule has 0 saturated heterocycles. The van der Waals surface area contributed by atoms with Crippen molar-refractivity contribution in [3.63, 3.8) is 0 Å². The third-order valence-electron chi connectivity index (χ3n) is 2.74. The van der Waals surface area contributed by atoms with Gasteiger partial charge in [0.2, 0.25) is 0 Å². The van der Waals surface area contributed by atoms with E-state index >= 15 is 0 Å². The van der Waals surface area contributed by atoms with Gasteiger partial charge < -0.3 is 0 Å². The molecule has 0 saturated carbocycles. The molecule has 0 heterocycles. The van der Waals surface area contributed by atoms with E-state index in [0.717, 1.165) is 11.8 Å². The standard InChI is InChI=1S/C12H28Si/c1-10(2)8-13(9-11(3)4)12(5,6)7/h10-11,13H,8-9H2,1-7H3. The van der Waals surface area contributed by atoms with E-state index in [4.69, 9.17) is 0 Å². The highest BCUT2D eigenvalue weighted by Gasteiger charge is 2.27. The van der Waals surface area contributed by atoms with Crippen LogP contribution >= 0.6 is 0 Å². The van der Waals surface area contributed by atoms with Crippen molar-refractivity contribution >= 4 is 8.80 Å². The highest BCUT2D eigenvalue weighted by atomic mass is 28.3. The van der Waals surface area contributed by atoms with E-state index in [1.807, 2.05) is 0 Å². The fourth-order valence-electron chi connectivity index (χ4n) is 1.94. The van der Waals surface area contributed by atoms with Gasteiger partial charge in [-0.3, -0.25) is 0 Å². The second-order valence-corrected chi connectivity index (χ2v) is 10.4. The topological polar surface area (TPSA) is 0 Å². The van der Waals surface area contributed by atoms with Crippen molar-refractivity contribution < 1.29 is 0 Å². The van der Waals surface area contributed by atoms with Crippen LogP contribution in [0.4, 0.5) is 0 Å². The first-order valence-electron chi connectivity index (χ1n) is 5.73. The maximum atomic E-state index is 2.44. The summed E-state index contributed by atoms with van der Waals surface area (Å²) in [6, 6.07) is 3.03. The van der Waals surface area contributed by atoms with Gasteiger partial charge in [0.05, 0.1) is 0 Å². The van der Waals surface area contributed by atoms with E-state index in [9.17, 15) is 0 Å². The molecule has 80 valence electrons. The molecule has 0 nitrogen and oxygen atoms in total. The molecule has 0 fully saturated rings. The summed E-state index contributed by atoms with van der Waals surface area (Å²) in [5, 5.41) is 0.620. The molecule has 0 rings (SSSR count). The number of hydrogen-bond acceptors (Lipinski definition) is 0. The van der Waals surface area contributed by atoms with Gasteiger partial charge in [0.1, 0.15) is 0 Å². The average Bonchev–Trinajstić information content (AvgIpc) is 1.81. The molecule has 0 aromatic heterocycles. The molecule has 1 heteroatoms. The van der Waals surface area contributed by atoms with Crippen LogP contribution in [0.2, 0.25) is 17.1 Å². The molecule has 0 aliphatic heterocycles. The van der Waals surface area contributed by atoms with Gasteiger partial charge in [0.25, 0.3) is 0 Å². The van der Waals surface area contributed by atoms with Gasteiger partial charge in [-0.1, -0.05) is 60.6 Å². The van der Waals surface area contributed by atoms with Crippen molar-refractivity contribution in [1.82, 2.24) is 0 Å². The van der Waals surface area contributed by atoms with Crippen LogP contribution in [0.15, 0.2) is 0 Å². The minimum Gasteiger partial charge on any atom is -0.0631 e. The van der Waals surface area contributed by atoms with E-state index in [1.165, 1.54) is 12.1 Å². The zero-order valence-corrected chi connectivity index (χ0v) is 11.8. The summed E-state index contributed by atoms with van der Waals surface area (Å²) in [6.07, 6.45) is 0. The highest BCUT2D eigenvalue weighted by molar-refractivity contribution is 6.62. The Hall–Kier alpha value is 0.217. The molecule has 0 bridgehead atoms. The molecular weight excluding hydrogens is 172 g/mol. The van der Waals surface area contributed by atoms with Crippen LogP contribution in [-0.4, -0.2) is 8.80 Å². The first-order valence-corrected chi connectivity index (χ1v) is 7.94. The van der Waals surface area contributed by atoms with E-state index < -0.39 is 8.80 Å². The van der Waals surface area contributed by atoms with Crippen LogP contribution in [-0.2, 0) is 0 Å². The molecular formula is C12H28Si. The predicted molar refractivity (Wildman–Crippen MR) is 66.2 cm³/mol. The van der Waals surface area contributed by atoms with Crippen molar-refractivity contribution in [3.05, 3.63) is 0 Å². The van der Waals surface area contributed by atoms with Crippen LogP contribution in [0.25, 0.3) is 0 Å². The summed E-state index contributed by atoms with van der Waals surface area (Å²) >= 11 is 0. The lowest BCUT2D eigenvalue weighted by molar-refractivity contribution is 0.635. The van der Waals surface area contributed by atoms with Gasteiger partial charge in [-0.15, -0.1) is 0 Å². The molecule has 0 unspecified atom stereocenters. The zero-order valence-electron chi connectivity index (χ0n) is 10.6. The lowest BCUT2D eigenvalue weighted by atomic mass is 10.2. The molecule has 0 aliphatic rings. The van der Waals surface area contributed by atoms with Gasteiger partial charge in [0.15, 0.2) is 0 Å². The maximum Gasteiger partial charge on any atom is 0.0427 e. The van der Waals surface area contributed by atoms with Crippen molar-refractivity contribution in [2.45, 2.75) is 65.6 Å². The van der Waals surface area contributed by atoms with E-state index in [2.05, 4.69) is 48.5 Å². The molecule has 0 aromatic carbocycles. The first kappa shape index (κ1) is 13.2. The molecule has 0 atom stereocenters. The zero-order chi connectivity index (χ0) is 10.6. The van der Waals surface area contributed by atoms with Crippen molar-refractivity contribution in [1.29, 1.82) is 0 Å². The smallest absolute Gasteiger partial charge is 0.0427 e. The summed E-state index contributed by atoms with van der Waals surface area (Å²) < 4.78 is 0. The minimum absolute atomic E-state index is 0.538. The van der Waals surface area contributed by atoms with Crippen molar-refractivity contribution in [3.8, 4) is 0 Å². The van der Waals surface area contributed by atoms with E-state index in [0.29, 0.717) is 5.04 Å². The molecule has 0 amide bonds. The van der Waals surface area contributed by atoms with Gasteiger partial charge in [-0.05, 0) is 16.9 Å². The Balaban J connectivity index is 4.20. The summed E-state index contributed by atoms with van der Waals surface area (Å²) in [5.41, 5.74) is 0. The quantitative estimate of drug-likeness (QED) is 0.593. The fraction of sp³-hybridized carbons (Fsp3) is 1.00. The molecule has 0 aliphatic carbocycles. The summed E-state index contributed by atoms with van der Waals surface area (Å²) in [4.78, 5) is 0. The Labute approximate surface area is 86.7 Å². The summed E-state index contributed by atoms with van der Waals surface area (Å²) in [7, 11) is -0.538. The molecule has 0 aromatic rings. The Bertz CT molecular complexity index is 121. The SMILES string of the molecule is CC(C)C[SiH](CC(C)C)C(C)(C)C. The lowest BCUT2D eigenvalue weighted by Gasteiger charge is -2.32. The van der Waals surface area contributed by atoms with Crippen LogP contribution in [0.3, 0.4) is 0 Å². The maximum absolute atomic E-state index is 2.44. The Kier molecular flexibility index (Phi) is 5.27. The third kappa shape index (κ3) is 6.31. The Morgan fingerprint density at radius 1 is 0.846 bits per heavy atom. The van der Waals surface area contributed by atoms with Gasteiger partial charge in [0, 0.05) is 8.80 Å². The van der Waals surface area contributed by atoms with Gasteiger partial charge >= 0.3 is 0 Å². The molecule has 0 N–H and O–H groups in total. The van der Waals surface area contributed by atoms with Gasteiger partial charge in [-0.2, -0.15) is 0 Å². The number of hydrogen-bond donors (Lipinski definition) is 0. The molecule has 0 spiro atoms. The Morgan fingerprint density at radius 3 is 1.31 bits per heavy atom. The normalized spacial score (nSPS) is 13.4. The number of rotatable bonds is 4. The van der Waals surface area contributed by atoms with Gasteiger partial charge in [-0.25, -0.2) is 0 Å². The monoisotopic (exact) mass is 200 g/mol. The van der Waals surface area contributed by atoms with Crippen molar-refractivity contribution in [2.75, 3.05) is 0 Å². The van der Waals surface area contributed by atoms with Crippen molar-refractivity contribution in [2.24, 2.45) is 11.8 Å². The Morgan fingerprint density at radius 2 is 1.15 bits per heavy atom. The third-order valence-corrected chi connectivity index (χ3v) is 8.21. The first-order chi connectivity index (χ1) is 5.73. The second-order valence-electron chi connectivity index (χ2n) is 6.32. The van der Waals surface area contributed by atoms with Crippen LogP contribution in [0, 0.1) is 11.8 Å². The second kappa shape index (κ2) is 5.19. The highest BCUT2D eigenvalue weighted by Crippen LogP contribution is 2.35. The van der Waals surface area contributed by atoms with Crippen LogP contribution in [0.5, 0.6) is 0 Å². The largest absolute Gasteiger partial charge is 0.0631 e. The summed E-state index contributed by atoms with van der Waals surface area (Å²) in [5.74, 6) is 1.80. The van der Waals surface area contributed by atoms with Crippen LogP contribution < -0.4 is 0 Å². The molecule has 13 heavy (non-hydrogen) atoms. The fourth-order valence-corrected chi connectivity index (χ4v) is 5.82. The predicted octanol–water partition coefficient (Wildman–Crippen LogP) is 4.33. The average molecular weight is 200 g/mol. The van der Waals surface area contributed by atoms with E-state index in [-0.39, 0.29) is 0 Å². The molecule has 0 radical (unpaired) electrons. The lowest BCUT2D eigenvalue weighted by Crippen LogP contribution is -2.28. The van der Waals surface area contributed by atoms with Crippen LogP contribution in [0.1, 0.15) is 48.5 Å². The summed E-state index contributed by atoms with van der Waals surface area (Å²) in [6.45, 7) is 16.8.